The van der Waals surface area contributed by atoms with E-state index in [4.69, 9.17) is 5.11 Å². The molecule has 0 radical (unpaired) electrons. The third-order valence-electron chi connectivity index (χ3n) is 3.81. The summed E-state index contributed by atoms with van der Waals surface area (Å²) in [5.74, 6) is 0. The summed E-state index contributed by atoms with van der Waals surface area (Å²) in [5.41, 5.74) is 0.648. The van der Waals surface area contributed by atoms with Crippen molar-refractivity contribution in [2.75, 3.05) is 6.61 Å². The van der Waals surface area contributed by atoms with E-state index in [1.165, 1.54) is 4.68 Å². The highest BCUT2D eigenvalue weighted by Gasteiger charge is 2.31. The van der Waals surface area contributed by atoms with E-state index in [2.05, 4.69) is 31.1 Å². The highest BCUT2D eigenvalue weighted by molar-refractivity contribution is 5.08. The molecule has 1 heterocycles. The van der Waals surface area contributed by atoms with Crippen LogP contribution in [-0.2, 0) is 12.0 Å². The normalized spacial score (nSPS) is 18.0. The van der Waals surface area contributed by atoms with E-state index in [9.17, 15) is 20.4 Å². The molecule has 0 aliphatic heterocycles. The molecule has 0 saturated carbocycles. The van der Waals surface area contributed by atoms with Crippen molar-refractivity contribution in [2.24, 2.45) is 0 Å². The summed E-state index contributed by atoms with van der Waals surface area (Å²) >= 11 is 0. The van der Waals surface area contributed by atoms with Crippen LogP contribution in [0.1, 0.15) is 39.3 Å². The second-order valence-electron chi connectivity index (χ2n) is 6.26. The number of nitrogens with zero attached hydrogens (tertiary/aromatic N) is 3. The molecule has 0 fully saturated rings. The molecule has 0 spiro atoms. The van der Waals surface area contributed by atoms with Gasteiger partial charge in [-0.1, -0.05) is 32.4 Å². The first-order valence-electron chi connectivity index (χ1n) is 7.46. The first-order valence-corrected chi connectivity index (χ1v) is 7.46. The molecular weight excluding hydrogens is 290 g/mol. The van der Waals surface area contributed by atoms with E-state index < -0.39 is 31.0 Å². The van der Waals surface area contributed by atoms with Gasteiger partial charge in [-0.2, -0.15) is 0 Å². The van der Waals surface area contributed by atoms with E-state index >= 15 is 0 Å². The lowest BCUT2D eigenvalue weighted by Crippen LogP contribution is -2.47. The van der Waals surface area contributed by atoms with Crippen molar-refractivity contribution in [1.29, 1.82) is 0 Å². The van der Waals surface area contributed by atoms with Gasteiger partial charge in [0.25, 0.3) is 0 Å². The second-order valence-corrected chi connectivity index (χ2v) is 6.26. The average Bonchev–Trinajstić information content (AvgIpc) is 2.94. The number of hydrogen-bond donors (Lipinski definition) is 5. The van der Waals surface area contributed by atoms with Gasteiger partial charge in [-0.05, 0) is 6.42 Å². The van der Waals surface area contributed by atoms with Crippen molar-refractivity contribution in [1.82, 2.24) is 15.0 Å². The van der Waals surface area contributed by atoms with Gasteiger partial charge in [-0.3, -0.25) is 0 Å². The Morgan fingerprint density at radius 2 is 1.73 bits per heavy atom. The minimum absolute atomic E-state index is 0.0778. The van der Waals surface area contributed by atoms with Gasteiger partial charge in [0.15, 0.2) is 0 Å². The SMILES string of the molecule is CCCC(C)(C)c1cn(CC(O)C(O)C(O)C(O)CO)nn1. The number of rotatable bonds is 9. The predicted molar refractivity (Wildman–Crippen MR) is 79.1 cm³/mol. The fraction of sp³-hybridized carbons (Fsp3) is 0.857. The molecule has 0 aliphatic carbocycles. The number of aliphatic hydroxyl groups excluding tert-OH is 5. The van der Waals surface area contributed by atoms with Gasteiger partial charge in [0.2, 0.25) is 0 Å². The average molecular weight is 317 g/mol. The summed E-state index contributed by atoms with van der Waals surface area (Å²) in [7, 11) is 0. The Hall–Kier alpha value is -1.06. The van der Waals surface area contributed by atoms with Gasteiger partial charge < -0.3 is 25.5 Å². The third kappa shape index (κ3) is 4.72. The van der Waals surface area contributed by atoms with Crippen molar-refractivity contribution in [3.63, 3.8) is 0 Å². The van der Waals surface area contributed by atoms with Gasteiger partial charge in [0.1, 0.15) is 24.4 Å². The van der Waals surface area contributed by atoms with Crippen LogP contribution in [0.2, 0.25) is 0 Å². The fourth-order valence-electron chi connectivity index (χ4n) is 2.31. The monoisotopic (exact) mass is 317 g/mol. The molecule has 1 aromatic heterocycles. The molecule has 0 saturated heterocycles. The van der Waals surface area contributed by atoms with E-state index in [0.29, 0.717) is 0 Å². The third-order valence-corrected chi connectivity index (χ3v) is 3.81. The van der Waals surface area contributed by atoms with Crippen LogP contribution < -0.4 is 0 Å². The molecule has 0 bridgehead atoms. The zero-order chi connectivity index (χ0) is 16.9. The zero-order valence-corrected chi connectivity index (χ0v) is 13.3. The van der Waals surface area contributed by atoms with E-state index in [0.717, 1.165) is 18.5 Å². The molecule has 22 heavy (non-hydrogen) atoms. The van der Waals surface area contributed by atoms with Gasteiger partial charge >= 0.3 is 0 Å². The standard InChI is InChI=1S/C14H27N3O5/c1-4-5-14(2,3)11-7-17(16-15-11)6-9(19)12(21)13(22)10(20)8-18/h7,9-10,12-13,18-22H,4-6,8H2,1-3H3. The maximum absolute atomic E-state index is 9.91. The topological polar surface area (TPSA) is 132 Å². The second kappa shape index (κ2) is 7.98. The summed E-state index contributed by atoms with van der Waals surface area (Å²) in [5, 5.41) is 55.3. The summed E-state index contributed by atoms with van der Waals surface area (Å²) in [6.45, 7) is 5.41. The van der Waals surface area contributed by atoms with E-state index in [-0.39, 0.29) is 12.0 Å². The quantitative estimate of drug-likeness (QED) is 0.386. The molecule has 4 unspecified atom stereocenters. The first kappa shape index (κ1) is 19.0. The van der Waals surface area contributed by atoms with Crippen LogP contribution in [-0.4, -0.2) is 71.5 Å². The molecule has 8 heteroatoms. The van der Waals surface area contributed by atoms with E-state index in [1.54, 1.807) is 6.20 Å². The highest BCUT2D eigenvalue weighted by Crippen LogP contribution is 2.26. The molecule has 128 valence electrons. The van der Waals surface area contributed by atoms with Crippen molar-refractivity contribution in [3.05, 3.63) is 11.9 Å². The van der Waals surface area contributed by atoms with E-state index in [1.807, 2.05) is 0 Å². The molecule has 1 aromatic rings. The molecule has 4 atom stereocenters. The summed E-state index contributed by atoms with van der Waals surface area (Å²) in [6, 6.07) is 0. The minimum atomic E-state index is -1.64. The Balaban J connectivity index is 2.69. The van der Waals surface area contributed by atoms with Gasteiger partial charge in [0.05, 0.1) is 18.8 Å². The largest absolute Gasteiger partial charge is 0.394 e. The van der Waals surface area contributed by atoms with Crippen LogP contribution in [0.3, 0.4) is 0 Å². The summed E-state index contributed by atoms with van der Waals surface area (Å²) in [4.78, 5) is 0. The van der Waals surface area contributed by atoms with Crippen molar-refractivity contribution < 1.29 is 25.5 Å². The minimum Gasteiger partial charge on any atom is -0.394 e. The lowest BCUT2D eigenvalue weighted by atomic mass is 9.85. The first-order chi connectivity index (χ1) is 10.2. The maximum atomic E-state index is 9.91. The summed E-state index contributed by atoms with van der Waals surface area (Å²) in [6.07, 6.45) is -2.46. The molecule has 0 amide bonds. The Bertz CT molecular complexity index is 451. The maximum Gasteiger partial charge on any atom is 0.111 e. The molecule has 8 nitrogen and oxygen atoms in total. The smallest absolute Gasteiger partial charge is 0.111 e. The lowest BCUT2D eigenvalue weighted by molar-refractivity contribution is -0.118. The molecule has 5 N–H and O–H groups in total. The van der Waals surface area contributed by atoms with Gasteiger partial charge in [0, 0.05) is 11.6 Å². The molecule has 0 aliphatic rings. The van der Waals surface area contributed by atoms with Crippen LogP contribution >= 0.6 is 0 Å². The lowest BCUT2D eigenvalue weighted by Gasteiger charge is -2.25. The number of aromatic nitrogens is 3. The van der Waals surface area contributed by atoms with Crippen LogP contribution in [0, 0.1) is 0 Å². The number of hydrogen-bond acceptors (Lipinski definition) is 7. The van der Waals surface area contributed by atoms with Crippen LogP contribution in [0.15, 0.2) is 6.20 Å². The molecule has 0 aromatic carbocycles. The van der Waals surface area contributed by atoms with Gasteiger partial charge in [-0.25, -0.2) is 4.68 Å². The van der Waals surface area contributed by atoms with Crippen molar-refractivity contribution in [2.45, 2.75) is 70.0 Å². The zero-order valence-electron chi connectivity index (χ0n) is 13.3. The summed E-state index contributed by atoms with van der Waals surface area (Å²) < 4.78 is 1.39. The van der Waals surface area contributed by atoms with Crippen molar-refractivity contribution >= 4 is 0 Å². The van der Waals surface area contributed by atoms with Gasteiger partial charge in [-0.15, -0.1) is 5.10 Å². The Labute approximate surface area is 130 Å². The number of aliphatic hydroxyl groups is 5. The van der Waals surface area contributed by atoms with Crippen LogP contribution in [0.25, 0.3) is 0 Å². The van der Waals surface area contributed by atoms with Crippen molar-refractivity contribution in [3.8, 4) is 0 Å². The Morgan fingerprint density at radius 1 is 1.14 bits per heavy atom. The van der Waals surface area contributed by atoms with Crippen LogP contribution in [0.4, 0.5) is 0 Å². The Kier molecular flexibility index (Phi) is 6.89. The fourth-order valence-corrected chi connectivity index (χ4v) is 2.31. The predicted octanol–water partition coefficient (Wildman–Crippen LogP) is -1.21. The molecule has 1 rings (SSSR count). The van der Waals surface area contributed by atoms with Crippen LogP contribution in [0.5, 0.6) is 0 Å². The highest BCUT2D eigenvalue weighted by atomic mass is 16.4. The molecular formula is C14H27N3O5. The Morgan fingerprint density at radius 3 is 2.27 bits per heavy atom.